The van der Waals surface area contributed by atoms with Crippen LogP contribution in [0.1, 0.15) is 25.0 Å². The number of carbonyl (C=O) groups excluding carboxylic acids is 1. The molecule has 0 atom stereocenters. The van der Waals surface area contributed by atoms with Crippen LogP contribution in [-0.4, -0.2) is 30.5 Å². The van der Waals surface area contributed by atoms with Crippen molar-refractivity contribution >= 4 is 5.91 Å². The second kappa shape index (κ2) is 7.01. The summed E-state index contributed by atoms with van der Waals surface area (Å²) < 4.78 is 5.58. The smallest absolute Gasteiger partial charge is 0.260 e. The van der Waals surface area contributed by atoms with E-state index in [1.165, 1.54) is 0 Å². The molecule has 2 N–H and O–H groups in total. The number of nitrogens with zero attached hydrogens (tertiary/aromatic N) is 1. The quantitative estimate of drug-likeness (QED) is 0.836. The van der Waals surface area contributed by atoms with Crippen LogP contribution in [0.5, 0.6) is 5.75 Å². The Labute approximate surface area is 109 Å². The molecule has 4 nitrogen and oxygen atoms in total. The first kappa shape index (κ1) is 14.5. The second-order valence-corrected chi connectivity index (χ2v) is 4.16. The first-order valence-corrected chi connectivity index (χ1v) is 6.32. The predicted octanol–water partition coefficient (Wildman–Crippen LogP) is 1.70. The zero-order chi connectivity index (χ0) is 13.5. The average molecular weight is 250 g/mol. The maximum atomic E-state index is 11.8. The van der Waals surface area contributed by atoms with E-state index in [1.807, 2.05) is 39.0 Å². The Morgan fingerprint density at radius 3 is 2.56 bits per heavy atom. The normalized spacial score (nSPS) is 10.2. The lowest BCUT2D eigenvalue weighted by atomic mass is 10.1. The maximum absolute atomic E-state index is 11.8. The van der Waals surface area contributed by atoms with E-state index in [1.54, 1.807) is 4.90 Å². The number of hydrogen-bond acceptors (Lipinski definition) is 3. The third kappa shape index (κ3) is 3.74. The van der Waals surface area contributed by atoms with Crippen molar-refractivity contribution in [3.05, 3.63) is 29.3 Å². The van der Waals surface area contributed by atoms with Gasteiger partial charge in [-0.1, -0.05) is 12.1 Å². The summed E-state index contributed by atoms with van der Waals surface area (Å²) in [6.45, 7) is 7.85. The highest BCUT2D eigenvalue weighted by atomic mass is 16.5. The minimum atomic E-state index is 0.0116. The summed E-state index contributed by atoms with van der Waals surface area (Å²) in [4.78, 5) is 13.6. The van der Waals surface area contributed by atoms with Gasteiger partial charge in [-0.3, -0.25) is 4.79 Å². The van der Waals surface area contributed by atoms with E-state index >= 15 is 0 Å². The number of hydrogen-bond donors (Lipinski definition) is 1. The number of amides is 1. The summed E-state index contributed by atoms with van der Waals surface area (Å²) in [7, 11) is 0. The van der Waals surface area contributed by atoms with Gasteiger partial charge in [0.15, 0.2) is 6.61 Å². The molecule has 1 amide bonds. The number of likely N-dealkylation sites (N-methyl/N-ethyl adjacent to an activating group) is 1. The van der Waals surface area contributed by atoms with Crippen LogP contribution in [0.4, 0.5) is 0 Å². The highest BCUT2D eigenvalue weighted by molar-refractivity contribution is 5.77. The van der Waals surface area contributed by atoms with Crippen molar-refractivity contribution in [2.24, 2.45) is 5.73 Å². The zero-order valence-electron chi connectivity index (χ0n) is 11.4. The van der Waals surface area contributed by atoms with Gasteiger partial charge < -0.3 is 15.4 Å². The molecule has 0 saturated carbocycles. The summed E-state index contributed by atoms with van der Waals surface area (Å²) >= 11 is 0. The Bertz CT molecular complexity index is 401. The fourth-order valence-electron chi connectivity index (χ4n) is 1.73. The number of nitrogens with two attached hydrogens (primary N) is 1. The Kier molecular flexibility index (Phi) is 5.65. The van der Waals surface area contributed by atoms with E-state index in [0.29, 0.717) is 19.6 Å². The van der Waals surface area contributed by atoms with E-state index in [-0.39, 0.29) is 12.5 Å². The van der Waals surface area contributed by atoms with Gasteiger partial charge in [-0.25, -0.2) is 0 Å². The summed E-state index contributed by atoms with van der Waals surface area (Å²) in [5.74, 6) is 0.746. The van der Waals surface area contributed by atoms with Gasteiger partial charge in [-0.15, -0.1) is 0 Å². The van der Waals surface area contributed by atoms with Gasteiger partial charge in [0, 0.05) is 19.6 Å². The van der Waals surface area contributed by atoms with Crippen molar-refractivity contribution < 1.29 is 9.53 Å². The van der Waals surface area contributed by atoms with Crippen LogP contribution in [0, 0.1) is 6.92 Å². The van der Waals surface area contributed by atoms with E-state index < -0.39 is 0 Å². The Hall–Kier alpha value is -1.55. The van der Waals surface area contributed by atoms with E-state index in [2.05, 4.69) is 0 Å². The van der Waals surface area contributed by atoms with Crippen molar-refractivity contribution in [2.45, 2.75) is 27.3 Å². The molecule has 0 heterocycles. The summed E-state index contributed by atoms with van der Waals surface area (Å²) in [6, 6.07) is 5.82. The lowest BCUT2D eigenvalue weighted by Crippen LogP contribution is -2.34. The highest BCUT2D eigenvalue weighted by Crippen LogP contribution is 2.19. The first-order valence-electron chi connectivity index (χ1n) is 6.32. The number of aryl methyl sites for hydroxylation is 1. The summed E-state index contributed by atoms with van der Waals surface area (Å²) in [5, 5.41) is 0. The van der Waals surface area contributed by atoms with Crippen LogP contribution in [0.3, 0.4) is 0 Å². The standard InChI is InChI=1S/C14H22N2O2/c1-4-16(5-2)14(17)10-18-13-8-12(9-15)7-6-11(13)3/h6-8H,4-5,9-10,15H2,1-3H3. The van der Waals surface area contributed by atoms with Gasteiger partial charge in [0.2, 0.25) is 0 Å². The summed E-state index contributed by atoms with van der Waals surface area (Å²) in [6.07, 6.45) is 0. The molecule has 0 saturated heterocycles. The second-order valence-electron chi connectivity index (χ2n) is 4.16. The van der Waals surface area contributed by atoms with Crippen LogP contribution in [0.25, 0.3) is 0 Å². The molecule has 1 aromatic rings. The van der Waals surface area contributed by atoms with E-state index in [9.17, 15) is 4.79 Å². The number of ether oxygens (including phenoxy) is 1. The lowest BCUT2D eigenvalue weighted by molar-refractivity contribution is -0.132. The van der Waals surface area contributed by atoms with Gasteiger partial charge in [-0.2, -0.15) is 0 Å². The van der Waals surface area contributed by atoms with Crippen LogP contribution in [0.15, 0.2) is 18.2 Å². The Morgan fingerprint density at radius 1 is 1.33 bits per heavy atom. The highest BCUT2D eigenvalue weighted by Gasteiger charge is 2.11. The van der Waals surface area contributed by atoms with Gasteiger partial charge >= 0.3 is 0 Å². The zero-order valence-corrected chi connectivity index (χ0v) is 11.4. The average Bonchev–Trinajstić information content (AvgIpc) is 2.39. The third-order valence-corrected chi connectivity index (χ3v) is 2.96. The topological polar surface area (TPSA) is 55.6 Å². The number of rotatable bonds is 6. The molecule has 0 aromatic heterocycles. The largest absolute Gasteiger partial charge is 0.483 e. The lowest BCUT2D eigenvalue weighted by Gasteiger charge is -2.19. The van der Waals surface area contributed by atoms with Crippen molar-refractivity contribution in [1.82, 2.24) is 4.90 Å². The molecule has 1 rings (SSSR count). The number of benzene rings is 1. The van der Waals surface area contributed by atoms with E-state index in [0.717, 1.165) is 16.9 Å². The molecule has 0 radical (unpaired) electrons. The van der Waals surface area contributed by atoms with Gasteiger partial charge in [0.05, 0.1) is 0 Å². The fourth-order valence-corrected chi connectivity index (χ4v) is 1.73. The summed E-state index contributed by atoms with van der Waals surface area (Å²) in [5.41, 5.74) is 7.60. The van der Waals surface area contributed by atoms with E-state index in [4.69, 9.17) is 10.5 Å². The molecule has 0 spiro atoms. The molecule has 4 heteroatoms. The van der Waals surface area contributed by atoms with Gasteiger partial charge in [0.1, 0.15) is 5.75 Å². The molecule has 0 aliphatic rings. The monoisotopic (exact) mass is 250 g/mol. The molecule has 0 aliphatic carbocycles. The molecule has 18 heavy (non-hydrogen) atoms. The van der Waals surface area contributed by atoms with Crippen molar-refractivity contribution in [3.63, 3.8) is 0 Å². The molecule has 0 bridgehead atoms. The molecule has 0 aliphatic heterocycles. The minimum Gasteiger partial charge on any atom is -0.483 e. The van der Waals surface area contributed by atoms with Crippen molar-refractivity contribution in [1.29, 1.82) is 0 Å². The van der Waals surface area contributed by atoms with Crippen LogP contribution in [0.2, 0.25) is 0 Å². The molecule has 0 unspecified atom stereocenters. The minimum absolute atomic E-state index is 0.0116. The molecular formula is C14H22N2O2. The van der Waals surface area contributed by atoms with Gasteiger partial charge in [0.25, 0.3) is 5.91 Å². The van der Waals surface area contributed by atoms with Crippen molar-refractivity contribution in [3.8, 4) is 5.75 Å². The SMILES string of the molecule is CCN(CC)C(=O)COc1cc(CN)ccc1C. The maximum Gasteiger partial charge on any atom is 0.260 e. The van der Waals surface area contributed by atoms with Crippen molar-refractivity contribution in [2.75, 3.05) is 19.7 Å². The molecule has 100 valence electrons. The predicted molar refractivity (Wildman–Crippen MR) is 72.5 cm³/mol. The van der Waals surface area contributed by atoms with Crippen LogP contribution in [-0.2, 0) is 11.3 Å². The van der Waals surface area contributed by atoms with Crippen LogP contribution < -0.4 is 10.5 Å². The van der Waals surface area contributed by atoms with Gasteiger partial charge in [-0.05, 0) is 38.0 Å². The molecule has 0 fully saturated rings. The third-order valence-electron chi connectivity index (χ3n) is 2.96. The number of carbonyl (C=O) groups is 1. The molecular weight excluding hydrogens is 228 g/mol. The first-order chi connectivity index (χ1) is 8.62. The fraction of sp³-hybridized carbons (Fsp3) is 0.500. The Morgan fingerprint density at radius 2 is 2.00 bits per heavy atom. The molecule has 1 aromatic carbocycles. The van der Waals surface area contributed by atoms with Crippen LogP contribution >= 0.6 is 0 Å². The Balaban J connectivity index is 2.65.